The Hall–Kier alpha value is -0.780. The molecule has 0 saturated heterocycles. The quantitative estimate of drug-likeness (QED) is 0.375. The van der Waals surface area contributed by atoms with Crippen molar-refractivity contribution in [3.8, 4) is 6.07 Å². The Labute approximate surface area is 171 Å². The molecule has 2 rings (SSSR count). The molecule has 1 heterocycles. The summed E-state index contributed by atoms with van der Waals surface area (Å²) < 4.78 is -1.79. The number of amides is 1. The van der Waals surface area contributed by atoms with Crippen molar-refractivity contribution in [3.05, 3.63) is 16.0 Å². The number of thiocarbonyl (C=S) groups is 1. The van der Waals surface area contributed by atoms with Crippen LogP contribution in [0.4, 0.5) is 5.00 Å². The van der Waals surface area contributed by atoms with Gasteiger partial charge in [0.15, 0.2) is 5.11 Å². The van der Waals surface area contributed by atoms with E-state index >= 15 is 0 Å². The van der Waals surface area contributed by atoms with E-state index in [1.165, 1.54) is 16.2 Å². The van der Waals surface area contributed by atoms with Gasteiger partial charge in [-0.2, -0.15) is 5.26 Å². The van der Waals surface area contributed by atoms with Crippen LogP contribution in [0.1, 0.15) is 42.2 Å². The average molecular weight is 440 g/mol. The number of anilines is 1. The molecule has 1 atom stereocenters. The lowest BCUT2D eigenvalue weighted by atomic mass is 9.96. The van der Waals surface area contributed by atoms with Gasteiger partial charge in [-0.25, -0.2) is 0 Å². The largest absolute Gasteiger partial charge is 0.339 e. The van der Waals surface area contributed by atoms with Crippen molar-refractivity contribution in [3.63, 3.8) is 0 Å². The molecule has 10 heteroatoms. The third kappa shape index (κ3) is 5.35. The van der Waals surface area contributed by atoms with E-state index in [0.717, 1.165) is 31.2 Å². The second kappa shape index (κ2) is 8.74. The smallest absolute Gasteiger partial charge is 0.228 e. The van der Waals surface area contributed by atoms with Crippen LogP contribution in [0.25, 0.3) is 0 Å². The number of nitrogens with zero attached hydrogens (tertiary/aromatic N) is 1. The standard InChI is InChI=1S/C15H17Cl3N4OS2/c1-2-11(23)20-13(15(16,17)18)22-14(24)21-12-9(7-19)8-5-3-4-6-10(8)25-12/h13H,2-6H2,1H3,(H,20,23)(H2,21,22,24)/t13-/m1/s1. The van der Waals surface area contributed by atoms with E-state index in [2.05, 4.69) is 22.0 Å². The molecule has 1 aliphatic carbocycles. The number of fused-ring (bicyclic) bond motifs is 1. The minimum Gasteiger partial charge on any atom is -0.339 e. The van der Waals surface area contributed by atoms with Crippen LogP contribution < -0.4 is 16.0 Å². The molecule has 0 unspecified atom stereocenters. The van der Waals surface area contributed by atoms with Crippen molar-refractivity contribution in [2.24, 2.45) is 0 Å². The summed E-state index contributed by atoms with van der Waals surface area (Å²) in [7, 11) is 0. The van der Waals surface area contributed by atoms with Gasteiger partial charge in [-0.1, -0.05) is 41.7 Å². The molecule has 0 radical (unpaired) electrons. The topological polar surface area (TPSA) is 77.0 Å². The minimum atomic E-state index is -1.79. The lowest BCUT2D eigenvalue weighted by Gasteiger charge is -2.27. The van der Waals surface area contributed by atoms with Crippen LogP contribution in [0.2, 0.25) is 0 Å². The second-order valence-electron chi connectivity index (χ2n) is 5.52. The van der Waals surface area contributed by atoms with Gasteiger partial charge in [-0.3, -0.25) is 4.79 Å². The number of halogens is 3. The van der Waals surface area contributed by atoms with Crippen molar-refractivity contribution < 1.29 is 4.79 Å². The van der Waals surface area contributed by atoms with Gasteiger partial charge in [0.1, 0.15) is 17.2 Å². The third-order valence-corrected chi connectivity index (χ3v) is 5.82. The normalized spacial score (nSPS) is 14.8. The molecule has 0 aromatic carbocycles. The molecule has 3 N–H and O–H groups in total. The number of nitrogens with one attached hydrogen (secondary N) is 3. The van der Waals surface area contributed by atoms with Crippen LogP contribution in [0.3, 0.4) is 0 Å². The Kier molecular flexibility index (Phi) is 7.18. The second-order valence-corrected chi connectivity index (χ2v) is 9.40. The third-order valence-electron chi connectivity index (χ3n) is 3.74. The molecule has 1 aromatic rings. The number of hydrogen-bond acceptors (Lipinski definition) is 4. The molecule has 1 aromatic heterocycles. The van der Waals surface area contributed by atoms with Crippen LogP contribution >= 0.6 is 58.4 Å². The van der Waals surface area contributed by atoms with E-state index in [4.69, 9.17) is 47.0 Å². The number of thiophene rings is 1. The van der Waals surface area contributed by atoms with Gasteiger partial charge in [0.2, 0.25) is 9.70 Å². The van der Waals surface area contributed by atoms with Crippen LogP contribution in [0, 0.1) is 11.3 Å². The maximum absolute atomic E-state index is 11.6. The molecular formula is C15H17Cl3N4OS2. The van der Waals surface area contributed by atoms with E-state index < -0.39 is 9.96 Å². The van der Waals surface area contributed by atoms with Crippen LogP contribution in [0.5, 0.6) is 0 Å². The number of hydrogen-bond donors (Lipinski definition) is 3. The molecular weight excluding hydrogens is 423 g/mol. The number of aryl methyl sites for hydroxylation is 1. The first-order chi connectivity index (χ1) is 11.8. The number of nitriles is 1. The molecule has 0 fully saturated rings. The summed E-state index contributed by atoms with van der Waals surface area (Å²) in [6.45, 7) is 1.69. The molecule has 0 bridgehead atoms. The highest BCUT2D eigenvalue weighted by atomic mass is 35.6. The van der Waals surface area contributed by atoms with Gasteiger partial charge < -0.3 is 16.0 Å². The zero-order valence-electron chi connectivity index (χ0n) is 13.4. The van der Waals surface area contributed by atoms with Crippen molar-refractivity contribution in [1.29, 1.82) is 5.26 Å². The average Bonchev–Trinajstić information content (AvgIpc) is 2.89. The van der Waals surface area contributed by atoms with E-state index in [9.17, 15) is 10.1 Å². The van der Waals surface area contributed by atoms with Gasteiger partial charge >= 0.3 is 0 Å². The number of rotatable bonds is 4. The van der Waals surface area contributed by atoms with Gasteiger partial charge in [-0.15, -0.1) is 11.3 Å². The Morgan fingerprint density at radius 1 is 1.36 bits per heavy atom. The fourth-order valence-corrected chi connectivity index (χ4v) is 4.36. The van der Waals surface area contributed by atoms with Crippen LogP contribution in [-0.2, 0) is 17.6 Å². The zero-order chi connectivity index (χ0) is 18.6. The summed E-state index contributed by atoms with van der Waals surface area (Å²) >= 11 is 24.5. The summed E-state index contributed by atoms with van der Waals surface area (Å²) in [5.74, 6) is -0.282. The summed E-state index contributed by atoms with van der Waals surface area (Å²) in [6.07, 6.45) is 3.33. The molecule has 0 saturated carbocycles. The monoisotopic (exact) mass is 438 g/mol. The predicted molar refractivity (Wildman–Crippen MR) is 108 cm³/mol. The summed E-state index contributed by atoms with van der Waals surface area (Å²) in [5, 5.41) is 18.7. The Morgan fingerprint density at radius 2 is 2.04 bits per heavy atom. The lowest BCUT2D eigenvalue weighted by Crippen LogP contribution is -2.56. The first-order valence-electron chi connectivity index (χ1n) is 7.74. The maximum atomic E-state index is 11.6. The van der Waals surface area contributed by atoms with Gasteiger partial charge in [0.25, 0.3) is 0 Å². The zero-order valence-corrected chi connectivity index (χ0v) is 17.3. The molecule has 0 aliphatic heterocycles. The Balaban J connectivity index is 2.12. The lowest BCUT2D eigenvalue weighted by molar-refractivity contribution is -0.121. The molecule has 136 valence electrons. The fourth-order valence-electron chi connectivity index (χ4n) is 2.51. The Bertz CT molecular complexity index is 709. The van der Waals surface area contributed by atoms with Crippen LogP contribution in [0.15, 0.2) is 0 Å². The number of carbonyl (C=O) groups is 1. The van der Waals surface area contributed by atoms with Crippen molar-refractivity contribution in [1.82, 2.24) is 10.6 Å². The van der Waals surface area contributed by atoms with Crippen molar-refractivity contribution >= 4 is 74.4 Å². The summed E-state index contributed by atoms with van der Waals surface area (Å²) in [5.41, 5.74) is 1.72. The Morgan fingerprint density at radius 3 is 2.64 bits per heavy atom. The molecule has 5 nitrogen and oxygen atoms in total. The first-order valence-corrected chi connectivity index (χ1v) is 10.1. The highest BCUT2D eigenvalue weighted by molar-refractivity contribution is 7.80. The first kappa shape index (κ1) is 20.5. The minimum absolute atomic E-state index is 0.169. The van der Waals surface area contributed by atoms with Crippen LogP contribution in [-0.4, -0.2) is 21.0 Å². The predicted octanol–water partition coefficient (Wildman–Crippen LogP) is 4.01. The SMILES string of the molecule is CCC(=O)N[C@H](NC(=S)Nc1sc2c(c1C#N)CCCC2)C(Cl)(Cl)Cl. The molecule has 1 amide bonds. The number of carbonyl (C=O) groups excluding carboxylic acids is 1. The van der Waals surface area contributed by atoms with E-state index in [1.54, 1.807) is 6.92 Å². The van der Waals surface area contributed by atoms with E-state index in [-0.39, 0.29) is 17.4 Å². The van der Waals surface area contributed by atoms with Crippen molar-refractivity contribution in [2.45, 2.75) is 49.0 Å². The van der Waals surface area contributed by atoms with E-state index in [0.29, 0.717) is 10.6 Å². The van der Waals surface area contributed by atoms with Gasteiger partial charge in [0.05, 0.1) is 5.56 Å². The summed E-state index contributed by atoms with van der Waals surface area (Å²) in [6, 6.07) is 2.25. The number of alkyl halides is 3. The van der Waals surface area contributed by atoms with Gasteiger partial charge in [-0.05, 0) is 43.5 Å². The maximum Gasteiger partial charge on any atom is 0.228 e. The van der Waals surface area contributed by atoms with Gasteiger partial charge in [0, 0.05) is 11.3 Å². The molecule has 1 aliphatic rings. The van der Waals surface area contributed by atoms with Crippen molar-refractivity contribution in [2.75, 3.05) is 5.32 Å². The molecule has 0 spiro atoms. The van der Waals surface area contributed by atoms with E-state index in [1.807, 2.05) is 0 Å². The fraction of sp³-hybridized carbons (Fsp3) is 0.533. The summed E-state index contributed by atoms with van der Waals surface area (Å²) in [4.78, 5) is 12.8. The molecule has 25 heavy (non-hydrogen) atoms. The highest BCUT2D eigenvalue weighted by Crippen LogP contribution is 2.37. The highest BCUT2D eigenvalue weighted by Gasteiger charge is 2.34.